The normalized spacial score (nSPS) is 10.8. The lowest BCUT2D eigenvalue weighted by molar-refractivity contribution is 0.432. The van der Waals surface area contributed by atoms with Crippen molar-refractivity contribution in [2.75, 3.05) is 5.73 Å². The number of nitrogens with zero attached hydrogens (tertiary/aromatic N) is 2. The standard InChI is InChI=1S/C16H14BrN3O/c1-9-7-12(8-10(2)14(9)17)15-19-16(21-20-15)11-3-5-13(18)6-4-11/h3-8H,18H2,1-2H3. The molecule has 0 spiro atoms. The lowest BCUT2D eigenvalue weighted by Gasteiger charge is -2.04. The summed E-state index contributed by atoms with van der Waals surface area (Å²) in [6.07, 6.45) is 0. The average molecular weight is 344 g/mol. The summed E-state index contributed by atoms with van der Waals surface area (Å²) in [7, 11) is 0. The predicted octanol–water partition coefficient (Wildman–Crippen LogP) is 4.37. The molecule has 21 heavy (non-hydrogen) atoms. The molecule has 2 aromatic carbocycles. The van der Waals surface area contributed by atoms with E-state index >= 15 is 0 Å². The number of hydrogen-bond acceptors (Lipinski definition) is 4. The van der Waals surface area contributed by atoms with E-state index in [2.05, 4.69) is 26.1 Å². The van der Waals surface area contributed by atoms with Crippen LogP contribution in [0, 0.1) is 13.8 Å². The Morgan fingerprint density at radius 2 is 1.62 bits per heavy atom. The SMILES string of the molecule is Cc1cc(-c2noc(-c3ccc(N)cc3)n2)cc(C)c1Br. The minimum Gasteiger partial charge on any atom is -0.399 e. The lowest BCUT2D eigenvalue weighted by Crippen LogP contribution is -1.87. The first-order valence-corrected chi connectivity index (χ1v) is 7.30. The summed E-state index contributed by atoms with van der Waals surface area (Å²) >= 11 is 3.56. The second-order valence-electron chi connectivity index (χ2n) is 4.97. The van der Waals surface area contributed by atoms with Crippen LogP contribution in [0.15, 0.2) is 45.4 Å². The highest BCUT2D eigenvalue weighted by atomic mass is 79.9. The Morgan fingerprint density at radius 3 is 2.24 bits per heavy atom. The van der Waals surface area contributed by atoms with Gasteiger partial charge in [-0.2, -0.15) is 4.98 Å². The zero-order valence-electron chi connectivity index (χ0n) is 11.7. The van der Waals surface area contributed by atoms with Crippen LogP contribution in [0.2, 0.25) is 0 Å². The molecule has 0 atom stereocenters. The molecule has 2 N–H and O–H groups in total. The van der Waals surface area contributed by atoms with Gasteiger partial charge in [-0.15, -0.1) is 0 Å². The van der Waals surface area contributed by atoms with Crippen LogP contribution in [0.3, 0.4) is 0 Å². The third kappa shape index (κ3) is 2.69. The van der Waals surface area contributed by atoms with Crippen LogP contribution in [0.1, 0.15) is 11.1 Å². The summed E-state index contributed by atoms with van der Waals surface area (Å²) in [6, 6.07) is 11.4. The van der Waals surface area contributed by atoms with Crippen LogP contribution in [-0.4, -0.2) is 10.1 Å². The molecule has 0 bridgehead atoms. The Labute approximate surface area is 131 Å². The van der Waals surface area contributed by atoms with Crippen molar-refractivity contribution in [1.82, 2.24) is 10.1 Å². The summed E-state index contributed by atoms with van der Waals surface area (Å²) in [6.45, 7) is 4.09. The zero-order chi connectivity index (χ0) is 15.0. The topological polar surface area (TPSA) is 64.9 Å². The van der Waals surface area contributed by atoms with E-state index in [9.17, 15) is 0 Å². The van der Waals surface area contributed by atoms with Gasteiger partial charge < -0.3 is 10.3 Å². The van der Waals surface area contributed by atoms with Crippen LogP contribution in [0.4, 0.5) is 5.69 Å². The zero-order valence-corrected chi connectivity index (χ0v) is 13.3. The molecule has 0 radical (unpaired) electrons. The molecular formula is C16H14BrN3O. The summed E-state index contributed by atoms with van der Waals surface area (Å²) in [4.78, 5) is 4.46. The van der Waals surface area contributed by atoms with E-state index in [-0.39, 0.29) is 0 Å². The van der Waals surface area contributed by atoms with Crippen LogP contribution in [0.5, 0.6) is 0 Å². The molecule has 0 aliphatic rings. The van der Waals surface area contributed by atoms with Crippen molar-refractivity contribution in [2.45, 2.75) is 13.8 Å². The van der Waals surface area contributed by atoms with E-state index in [1.165, 1.54) is 0 Å². The molecule has 106 valence electrons. The molecule has 1 heterocycles. The smallest absolute Gasteiger partial charge is 0.258 e. The molecule has 0 saturated heterocycles. The van der Waals surface area contributed by atoms with Crippen molar-refractivity contribution in [1.29, 1.82) is 0 Å². The molecule has 3 aromatic rings. The van der Waals surface area contributed by atoms with Gasteiger partial charge in [-0.25, -0.2) is 0 Å². The van der Waals surface area contributed by atoms with Gasteiger partial charge >= 0.3 is 0 Å². The lowest BCUT2D eigenvalue weighted by atomic mass is 10.1. The highest BCUT2D eigenvalue weighted by molar-refractivity contribution is 9.10. The van der Waals surface area contributed by atoms with E-state index in [1.807, 2.05) is 50.2 Å². The van der Waals surface area contributed by atoms with E-state index in [0.29, 0.717) is 17.4 Å². The van der Waals surface area contributed by atoms with Crippen molar-refractivity contribution in [3.05, 3.63) is 52.0 Å². The molecule has 0 aliphatic carbocycles. The van der Waals surface area contributed by atoms with Crippen molar-refractivity contribution in [2.24, 2.45) is 0 Å². The minimum atomic E-state index is 0.489. The van der Waals surface area contributed by atoms with Crippen molar-refractivity contribution in [3.63, 3.8) is 0 Å². The molecule has 1 aromatic heterocycles. The molecule has 0 saturated carbocycles. The number of nitrogen functional groups attached to an aromatic ring is 1. The van der Waals surface area contributed by atoms with Gasteiger partial charge in [-0.1, -0.05) is 21.1 Å². The first kappa shape index (κ1) is 13.8. The fraction of sp³-hybridized carbons (Fsp3) is 0.125. The first-order valence-electron chi connectivity index (χ1n) is 6.51. The Balaban J connectivity index is 2.00. The van der Waals surface area contributed by atoms with Gasteiger partial charge in [-0.3, -0.25) is 0 Å². The van der Waals surface area contributed by atoms with Crippen molar-refractivity contribution in [3.8, 4) is 22.8 Å². The number of anilines is 1. The highest BCUT2D eigenvalue weighted by Gasteiger charge is 2.12. The van der Waals surface area contributed by atoms with E-state index in [0.717, 1.165) is 26.7 Å². The van der Waals surface area contributed by atoms with Crippen molar-refractivity contribution < 1.29 is 4.52 Å². The predicted molar refractivity (Wildman–Crippen MR) is 86.8 cm³/mol. The molecule has 3 rings (SSSR count). The van der Waals surface area contributed by atoms with E-state index in [1.54, 1.807) is 0 Å². The highest BCUT2D eigenvalue weighted by Crippen LogP contribution is 2.28. The molecule has 0 aliphatic heterocycles. The number of halogens is 1. The largest absolute Gasteiger partial charge is 0.399 e. The monoisotopic (exact) mass is 343 g/mol. The Kier molecular flexibility index (Phi) is 3.51. The first-order chi connectivity index (χ1) is 10.0. The molecule has 5 heteroatoms. The summed E-state index contributed by atoms with van der Waals surface area (Å²) < 4.78 is 6.45. The summed E-state index contributed by atoms with van der Waals surface area (Å²) in [5.41, 5.74) is 10.5. The number of hydrogen-bond donors (Lipinski definition) is 1. The average Bonchev–Trinajstić information content (AvgIpc) is 2.95. The van der Waals surface area contributed by atoms with Gasteiger partial charge in [0, 0.05) is 21.3 Å². The molecule has 0 amide bonds. The van der Waals surface area contributed by atoms with Gasteiger partial charge in [0.15, 0.2) is 0 Å². The van der Waals surface area contributed by atoms with Gasteiger partial charge in [-0.05, 0) is 61.4 Å². The fourth-order valence-electron chi connectivity index (χ4n) is 2.16. The maximum absolute atomic E-state index is 5.68. The maximum atomic E-state index is 5.68. The second-order valence-corrected chi connectivity index (χ2v) is 5.76. The van der Waals surface area contributed by atoms with E-state index in [4.69, 9.17) is 10.3 Å². The molecule has 0 unspecified atom stereocenters. The Bertz CT molecular complexity index is 771. The van der Waals surface area contributed by atoms with Gasteiger partial charge in [0.05, 0.1) is 0 Å². The quantitative estimate of drug-likeness (QED) is 0.702. The van der Waals surface area contributed by atoms with Gasteiger partial charge in [0.1, 0.15) is 0 Å². The third-order valence-corrected chi connectivity index (χ3v) is 4.53. The Morgan fingerprint density at radius 1 is 1.00 bits per heavy atom. The van der Waals surface area contributed by atoms with Crippen molar-refractivity contribution >= 4 is 21.6 Å². The second kappa shape index (κ2) is 5.33. The number of rotatable bonds is 2. The molecular weight excluding hydrogens is 330 g/mol. The van der Waals surface area contributed by atoms with Crippen LogP contribution in [0.25, 0.3) is 22.8 Å². The van der Waals surface area contributed by atoms with Crippen LogP contribution >= 0.6 is 15.9 Å². The number of aryl methyl sites for hydroxylation is 2. The van der Waals surface area contributed by atoms with Gasteiger partial charge in [0.2, 0.25) is 5.82 Å². The third-order valence-electron chi connectivity index (χ3n) is 3.28. The summed E-state index contributed by atoms with van der Waals surface area (Å²) in [5, 5.41) is 4.06. The maximum Gasteiger partial charge on any atom is 0.258 e. The molecule has 4 nitrogen and oxygen atoms in total. The number of nitrogens with two attached hydrogens (primary N) is 1. The van der Waals surface area contributed by atoms with E-state index < -0.39 is 0 Å². The van der Waals surface area contributed by atoms with Crippen LogP contribution in [-0.2, 0) is 0 Å². The van der Waals surface area contributed by atoms with Crippen LogP contribution < -0.4 is 5.73 Å². The Hall–Kier alpha value is -2.14. The minimum absolute atomic E-state index is 0.489. The fourth-order valence-corrected chi connectivity index (χ4v) is 2.39. The molecule has 0 fully saturated rings. The summed E-state index contributed by atoms with van der Waals surface area (Å²) in [5.74, 6) is 1.07. The number of benzene rings is 2. The number of aromatic nitrogens is 2. The van der Waals surface area contributed by atoms with Gasteiger partial charge in [0.25, 0.3) is 5.89 Å².